The number of aliphatic hydroxyl groups excluding tert-OH is 25. The molecule has 0 spiro atoms. The van der Waals surface area contributed by atoms with Crippen LogP contribution in [0.1, 0.15) is 27.7 Å². The van der Waals surface area contributed by atoms with Gasteiger partial charge in [-0.3, -0.25) is 19.2 Å². The van der Waals surface area contributed by atoms with Crippen molar-refractivity contribution < 1.29 is 227 Å². The maximum atomic E-state index is 13.1. The fourth-order valence-corrected chi connectivity index (χ4v) is 14.4. The van der Waals surface area contributed by atoms with E-state index >= 15 is 0 Å². The Balaban J connectivity index is 1.14. The molecular formula is C62H104N4O46. The largest absolute Gasteiger partial charge is 0.394 e. The summed E-state index contributed by atoms with van der Waals surface area (Å²) in [6.45, 7) is -6.45. The first kappa shape index (κ1) is 92.1. The fourth-order valence-electron chi connectivity index (χ4n) is 14.4. The molecule has 29 N–H and O–H groups in total. The van der Waals surface area contributed by atoms with Crippen LogP contribution in [0.15, 0.2) is 0 Å². The molecule has 9 aliphatic heterocycles. The van der Waals surface area contributed by atoms with Crippen molar-refractivity contribution in [1.82, 2.24) is 21.3 Å². The van der Waals surface area contributed by atoms with Gasteiger partial charge in [0.05, 0.1) is 59.5 Å². The average molecular weight is 1640 g/mol. The minimum Gasteiger partial charge on any atom is -0.394 e. The zero-order valence-electron chi connectivity index (χ0n) is 60.1. The van der Waals surface area contributed by atoms with Crippen LogP contribution in [0.5, 0.6) is 0 Å². The first-order valence-electron chi connectivity index (χ1n) is 35.6. The third-order valence-electron chi connectivity index (χ3n) is 20.4. The summed E-state index contributed by atoms with van der Waals surface area (Å²) >= 11 is 0. The molecule has 0 aliphatic carbocycles. The highest BCUT2D eigenvalue weighted by Crippen LogP contribution is 2.41. The van der Waals surface area contributed by atoms with E-state index in [0.717, 1.165) is 27.7 Å². The molecular weight excluding hydrogens is 1540 g/mol. The molecule has 0 aromatic rings. The predicted octanol–water partition coefficient (Wildman–Crippen LogP) is -20.1. The van der Waals surface area contributed by atoms with E-state index in [4.69, 9.17) is 80.5 Å². The molecule has 50 nitrogen and oxygen atoms in total. The molecule has 0 saturated carbocycles. The third-order valence-corrected chi connectivity index (χ3v) is 20.4. The molecule has 648 valence electrons. The van der Waals surface area contributed by atoms with Crippen molar-refractivity contribution in [3.8, 4) is 0 Å². The summed E-state index contributed by atoms with van der Waals surface area (Å²) in [7, 11) is 0. The van der Waals surface area contributed by atoms with Gasteiger partial charge in [-0.05, 0) is 0 Å². The average Bonchev–Trinajstić information content (AvgIpc) is 0.764. The van der Waals surface area contributed by atoms with Gasteiger partial charge in [-0.2, -0.15) is 0 Å². The second-order valence-electron chi connectivity index (χ2n) is 28.2. The second-order valence-corrected chi connectivity index (χ2v) is 28.2. The van der Waals surface area contributed by atoms with E-state index in [0.29, 0.717) is 0 Å². The van der Waals surface area contributed by atoms with Crippen LogP contribution in [0.4, 0.5) is 0 Å². The molecule has 45 atom stereocenters. The Morgan fingerprint density at radius 2 is 0.491 bits per heavy atom. The summed E-state index contributed by atoms with van der Waals surface area (Å²) in [5.41, 5.74) is 0. The molecule has 9 fully saturated rings. The zero-order chi connectivity index (χ0) is 82.5. The van der Waals surface area contributed by atoms with Crippen molar-refractivity contribution in [2.24, 2.45) is 0 Å². The van der Waals surface area contributed by atoms with Crippen molar-refractivity contribution in [2.75, 3.05) is 59.5 Å². The predicted molar refractivity (Wildman–Crippen MR) is 343 cm³/mol. The zero-order valence-corrected chi connectivity index (χ0v) is 60.1. The molecule has 9 rings (SSSR count). The van der Waals surface area contributed by atoms with Crippen LogP contribution in [0.25, 0.3) is 0 Å². The monoisotopic (exact) mass is 1640 g/mol. The Labute approximate surface area is 634 Å². The topological polar surface area (TPSA) is 779 Å². The summed E-state index contributed by atoms with van der Waals surface area (Å²) in [5.74, 6) is -3.79. The number of rotatable bonds is 29. The lowest BCUT2D eigenvalue weighted by Crippen LogP contribution is -2.71. The number of amides is 4. The van der Waals surface area contributed by atoms with Crippen molar-refractivity contribution in [2.45, 2.75) is 304 Å². The second kappa shape index (κ2) is 40.3. The van der Waals surface area contributed by atoms with Gasteiger partial charge in [0.25, 0.3) is 0 Å². The smallest absolute Gasteiger partial charge is 0.217 e. The standard InChI is InChI=1S/C62H104N4O46/c1-14(75)63-27-37(85)47(23(10-72)97-54(27)95)108-60-46(94)51(110-62-53(43(91)35(83)22(9-71)102-62)112-57-30(66-17(4)78)39(87)49(25(12-74)104-57)107-59-45(93)41(89)33(81)20(7-69)100-59)50(109-55-28(64-15(2)76)36(84)31(79)18(5-67)98-55)26(105-60)13-96-61-52(42(90)34(82)21(8-70)101-61)111-56-29(65-16(3)77)38(86)48(24(11-73)103-56)106-58-44(92)40(88)32(80)19(6-68)99-58/h18-62,67-74,79-95H,5-13H2,1-4H3,(H,63,75)(H,64,76)(H,65,77)(H,66,78)/t18-,19-,20-,21-,22-,23-,24-,25-,26-,27-,28-,29-,30-,31-,32+,33+,34-,35-,36-,37-,38-,39-,40+,41+,42+,43+,44-,45-,46+,47-,48-,49-,50-,51-,52+,53+,54+,55+,56+,57+,58+,59+,60+,61+,62-/m1/s1. The van der Waals surface area contributed by atoms with Crippen molar-refractivity contribution in [3.05, 3.63) is 0 Å². The van der Waals surface area contributed by atoms with E-state index in [2.05, 4.69) is 21.3 Å². The van der Waals surface area contributed by atoms with Gasteiger partial charge in [0.2, 0.25) is 23.6 Å². The molecule has 9 saturated heterocycles. The lowest BCUT2D eigenvalue weighted by Gasteiger charge is -2.52. The Morgan fingerprint density at radius 3 is 0.875 bits per heavy atom. The van der Waals surface area contributed by atoms with Gasteiger partial charge in [-0.15, -0.1) is 0 Å². The van der Waals surface area contributed by atoms with Crippen LogP contribution in [0.2, 0.25) is 0 Å². The number of carbonyl (C=O) groups is 4. The summed E-state index contributed by atoms with van der Waals surface area (Å²) in [4.78, 5) is 51.5. The first-order chi connectivity index (χ1) is 53.0. The number of ether oxygens (including phenoxy) is 17. The Morgan fingerprint density at radius 1 is 0.232 bits per heavy atom. The number of aliphatic hydroxyl groups is 25. The Kier molecular flexibility index (Phi) is 33.1. The van der Waals surface area contributed by atoms with Gasteiger partial charge in [-0.1, -0.05) is 0 Å². The highest BCUT2D eigenvalue weighted by Gasteiger charge is 2.62. The van der Waals surface area contributed by atoms with E-state index < -0.39 is 359 Å². The maximum absolute atomic E-state index is 13.1. The van der Waals surface area contributed by atoms with E-state index in [1.54, 1.807) is 0 Å². The molecule has 9 heterocycles. The highest BCUT2D eigenvalue weighted by molar-refractivity contribution is 5.74. The summed E-state index contributed by atoms with van der Waals surface area (Å²) in [6, 6.07) is -7.75. The van der Waals surface area contributed by atoms with E-state index in [9.17, 15) is 147 Å². The van der Waals surface area contributed by atoms with E-state index in [1.165, 1.54) is 0 Å². The molecule has 0 unspecified atom stereocenters. The number of nitrogens with one attached hydrogen (secondary N) is 4. The summed E-state index contributed by atoms with van der Waals surface area (Å²) < 4.78 is 102. The summed E-state index contributed by atoms with van der Waals surface area (Å²) in [5, 5.41) is 287. The van der Waals surface area contributed by atoms with Crippen LogP contribution in [-0.2, 0) is 99.7 Å². The molecule has 50 heteroatoms. The third kappa shape index (κ3) is 20.2. The Hall–Kier alpha value is -3.80. The highest BCUT2D eigenvalue weighted by atomic mass is 16.8. The van der Waals surface area contributed by atoms with Crippen LogP contribution in [0, 0.1) is 0 Å². The normalized spacial score (nSPS) is 48.9. The van der Waals surface area contributed by atoms with Gasteiger partial charge in [0.15, 0.2) is 56.6 Å². The minimum atomic E-state index is -2.66. The van der Waals surface area contributed by atoms with Crippen LogP contribution < -0.4 is 21.3 Å². The fraction of sp³-hybridized carbons (Fsp3) is 0.935. The first-order valence-corrected chi connectivity index (χ1v) is 35.6. The molecule has 9 aliphatic rings. The Bertz CT molecular complexity index is 2970. The number of hydrogen-bond acceptors (Lipinski definition) is 46. The number of hydrogen-bond donors (Lipinski definition) is 29. The SMILES string of the molecule is CC(=O)N[C@@H]1[C@@H](O)[C@H](O[C@@H]2O[C@H](CO[C@H]3O[C@H](CO)[C@@H](O)[C@H](O)[C@@H]3O[C@@H]3O[C@H](CO)[C@@H](O[C@@H]4O[C@H](CO)[C@H](O)[C@H](O)[C@H]4O)[C@H](O)[C@H]3NC(C)=O)[C@@H](O[C@@H]3O[C@H](CO)[C@@H](O)[C@H](O)[C@H]3NC(C)=O)[C@H](O[C@H]3O[C@H](CO)[C@@H](O)[C@H](O)[C@@H]3O[C@@H]3O[C@H](CO)[C@@H](O[C@@H]4O[C@H](CO)[C@H](O)[C@H](O)[C@H]4O)[C@H](O)[C@H]3NC(C)=O)[C@@H]2O)[C@@H](CO)O[C@@H]1O. The minimum absolute atomic E-state index is 0.887. The van der Waals surface area contributed by atoms with Crippen molar-refractivity contribution in [1.29, 1.82) is 0 Å². The quantitative estimate of drug-likeness (QED) is 0.0331. The molecule has 0 bridgehead atoms. The van der Waals surface area contributed by atoms with Gasteiger partial charge >= 0.3 is 0 Å². The number of carbonyl (C=O) groups excluding carboxylic acids is 4. The van der Waals surface area contributed by atoms with Crippen LogP contribution in [0.3, 0.4) is 0 Å². The molecule has 0 radical (unpaired) electrons. The molecule has 4 amide bonds. The van der Waals surface area contributed by atoms with Gasteiger partial charge in [0, 0.05) is 27.7 Å². The van der Waals surface area contributed by atoms with Gasteiger partial charge in [0.1, 0.15) is 219 Å². The van der Waals surface area contributed by atoms with Crippen molar-refractivity contribution in [3.63, 3.8) is 0 Å². The van der Waals surface area contributed by atoms with Crippen LogP contribution in [-0.4, -0.2) is 487 Å². The van der Waals surface area contributed by atoms with Crippen LogP contribution >= 0.6 is 0 Å². The van der Waals surface area contributed by atoms with E-state index in [-0.39, 0.29) is 0 Å². The maximum Gasteiger partial charge on any atom is 0.217 e. The van der Waals surface area contributed by atoms with Gasteiger partial charge < -0.3 is 229 Å². The molecule has 112 heavy (non-hydrogen) atoms. The lowest BCUT2D eigenvalue weighted by molar-refractivity contribution is -0.408. The molecule has 0 aromatic carbocycles. The van der Waals surface area contributed by atoms with Crippen molar-refractivity contribution >= 4 is 23.6 Å². The molecule has 0 aromatic heterocycles. The summed E-state index contributed by atoms with van der Waals surface area (Å²) in [6.07, 6.45) is -87.5. The lowest BCUT2D eigenvalue weighted by atomic mass is 9.93. The van der Waals surface area contributed by atoms with Gasteiger partial charge in [-0.25, -0.2) is 0 Å². The van der Waals surface area contributed by atoms with E-state index in [1.807, 2.05) is 0 Å².